The number of rotatable bonds is 20. The number of pyridine rings is 1. The third-order valence-corrected chi connectivity index (χ3v) is 13.8. The molecule has 0 atom stereocenters. The van der Waals surface area contributed by atoms with Gasteiger partial charge >= 0.3 is 6.18 Å². The maximum Gasteiger partial charge on any atom is 0.417 e. The third kappa shape index (κ3) is 12.1. The molecule has 0 bridgehead atoms. The fourth-order valence-electron chi connectivity index (χ4n) is 8.01. The first-order valence-electron chi connectivity index (χ1n) is 22.6. The molecule has 73 heavy (non-hydrogen) atoms. The normalized spacial score (nSPS) is 11.6. The molecule has 0 aliphatic heterocycles. The van der Waals surface area contributed by atoms with Crippen LogP contribution in [0.1, 0.15) is 43.9 Å². The fraction of sp³-hybridized carbons (Fsp3) is 0.204. The van der Waals surface area contributed by atoms with Crippen LogP contribution in [0.3, 0.4) is 0 Å². The van der Waals surface area contributed by atoms with E-state index < -0.39 is 44.0 Å². The first kappa shape index (κ1) is 51.1. The molecule has 0 aliphatic rings. The zero-order chi connectivity index (χ0) is 51.7. The summed E-state index contributed by atoms with van der Waals surface area (Å²) in [6.45, 7) is -0.304. The Morgan fingerprint density at radius 1 is 0.562 bits per heavy atom. The van der Waals surface area contributed by atoms with Gasteiger partial charge in [-0.25, -0.2) is 8.42 Å². The van der Waals surface area contributed by atoms with E-state index >= 15 is 21.6 Å². The van der Waals surface area contributed by atoms with E-state index in [0.717, 1.165) is 32.4 Å². The summed E-state index contributed by atoms with van der Waals surface area (Å²) in [6.07, 6.45) is -3.89. The van der Waals surface area contributed by atoms with Gasteiger partial charge < -0.3 is 28.6 Å². The van der Waals surface area contributed by atoms with Crippen molar-refractivity contribution in [2.75, 3.05) is 35.5 Å². The van der Waals surface area contributed by atoms with Gasteiger partial charge in [-0.15, -0.1) is 10.2 Å². The van der Waals surface area contributed by atoms with Gasteiger partial charge in [0, 0.05) is 37.9 Å². The molecule has 0 spiro atoms. The topological polar surface area (TPSA) is 160 Å². The lowest BCUT2D eigenvalue weighted by Crippen LogP contribution is -2.32. The van der Waals surface area contributed by atoms with Crippen molar-refractivity contribution in [1.29, 1.82) is 0 Å². The van der Waals surface area contributed by atoms with Gasteiger partial charge in [-0.05, 0) is 111 Å². The van der Waals surface area contributed by atoms with Crippen LogP contribution in [0, 0.1) is 0 Å². The van der Waals surface area contributed by atoms with Crippen LogP contribution in [0.2, 0.25) is 0 Å². The number of hydrogen-bond donors (Lipinski definition) is 0. The molecule has 0 N–H and O–H groups in total. The number of methoxy groups -OCH3 is 5. The summed E-state index contributed by atoms with van der Waals surface area (Å²) >= 11 is 0. The van der Waals surface area contributed by atoms with Crippen molar-refractivity contribution < 1.29 is 50.1 Å². The van der Waals surface area contributed by atoms with E-state index in [-0.39, 0.29) is 49.5 Å². The molecule has 0 saturated heterocycles. The standard InChI is InChI=1S/C54H50F3N7O8S/c1-68-42-17-6-36(7-18-42)31-62(32-37-8-19-43(69-2)20-9-37)53(65)49-29-16-41(30-58-49)47-27-28-48(54(55,56)57)51(50(47)52-59-61-64(60-52)35-40-14-25-46(72-5)26-15-40)73(66,67)63(33-38-10-21-44(70-3)22-11-38)34-39-12-23-45(71-4)24-13-39/h6-30H,31-35H2,1-5H3. The van der Waals surface area contributed by atoms with Crippen LogP contribution in [-0.2, 0) is 48.9 Å². The predicted molar refractivity (Wildman–Crippen MR) is 266 cm³/mol. The smallest absolute Gasteiger partial charge is 0.417 e. The fourth-order valence-corrected chi connectivity index (χ4v) is 9.83. The molecule has 0 radical (unpaired) electrons. The van der Waals surface area contributed by atoms with Gasteiger partial charge in [0.25, 0.3) is 5.91 Å². The maximum absolute atomic E-state index is 15.6. The zero-order valence-electron chi connectivity index (χ0n) is 40.4. The van der Waals surface area contributed by atoms with Crippen LogP contribution in [0.25, 0.3) is 22.5 Å². The van der Waals surface area contributed by atoms with Crippen LogP contribution in [0.5, 0.6) is 28.7 Å². The number of carbonyl (C=O) groups excluding carboxylic acids is 1. The second-order valence-corrected chi connectivity index (χ2v) is 18.5. The number of amides is 1. The van der Waals surface area contributed by atoms with Gasteiger partial charge in [0.05, 0.1) is 53.2 Å². The monoisotopic (exact) mass is 1010 g/mol. The molecular formula is C54H50F3N7O8S. The molecule has 0 unspecified atom stereocenters. The minimum atomic E-state index is -5.20. The highest BCUT2D eigenvalue weighted by Gasteiger charge is 2.43. The van der Waals surface area contributed by atoms with E-state index in [1.807, 2.05) is 24.3 Å². The summed E-state index contributed by atoms with van der Waals surface area (Å²) in [5.74, 6) is 2.01. The SMILES string of the molecule is COc1ccc(CN(Cc2ccc(OC)cc2)C(=O)c2ccc(-c3ccc(C(F)(F)F)c(S(=O)(=O)N(Cc4ccc(OC)cc4)Cc4ccc(OC)cc4)c3-c3nnn(Cc4ccc(OC)cc4)n3)cn2)cc1. The third-order valence-electron chi connectivity index (χ3n) is 11.9. The number of nitrogens with zero attached hydrogens (tertiary/aromatic N) is 7. The number of ether oxygens (including phenoxy) is 5. The molecule has 2 heterocycles. The predicted octanol–water partition coefficient (Wildman–Crippen LogP) is 9.75. The first-order chi connectivity index (χ1) is 35.2. The van der Waals surface area contributed by atoms with Gasteiger partial charge in [0.1, 0.15) is 39.3 Å². The largest absolute Gasteiger partial charge is 0.497 e. The van der Waals surface area contributed by atoms with Crippen LogP contribution in [0.4, 0.5) is 13.2 Å². The number of carbonyl (C=O) groups is 1. The Morgan fingerprint density at radius 3 is 1.38 bits per heavy atom. The van der Waals surface area contributed by atoms with Crippen molar-refractivity contribution >= 4 is 15.9 Å². The number of aromatic nitrogens is 5. The highest BCUT2D eigenvalue weighted by molar-refractivity contribution is 7.89. The zero-order valence-corrected chi connectivity index (χ0v) is 41.2. The Balaban J connectivity index is 1.26. The molecule has 15 nitrogen and oxygen atoms in total. The Morgan fingerprint density at radius 2 is 0.986 bits per heavy atom. The van der Waals surface area contributed by atoms with Crippen molar-refractivity contribution in [2.45, 2.75) is 43.8 Å². The molecule has 2 aromatic heterocycles. The van der Waals surface area contributed by atoms with Crippen molar-refractivity contribution in [1.82, 2.24) is 34.4 Å². The summed E-state index contributed by atoms with van der Waals surface area (Å²) in [5.41, 5.74) is 1.46. The molecule has 0 fully saturated rings. The van der Waals surface area contributed by atoms with Crippen LogP contribution in [-0.4, -0.2) is 84.3 Å². The molecule has 8 aromatic rings. The average Bonchev–Trinajstić information content (AvgIpc) is 3.88. The summed E-state index contributed by atoms with van der Waals surface area (Å²) in [5, 5.41) is 12.9. The first-order valence-corrected chi connectivity index (χ1v) is 24.1. The number of tetrazole rings is 1. The van der Waals surface area contributed by atoms with Gasteiger partial charge in [-0.2, -0.15) is 22.3 Å². The lowest BCUT2D eigenvalue weighted by molar-refractivity contribution is -0.139. The molecule has 0 saturated carbocycles. The number of benzene rings is 6. The van der Waals surface area contributed by atoms with Crippen LogP contribution < -0.4 is 23.7 Å². The Hall–Kier alpha value is -8.29. The molecule has 19 heteroatoms. The Kier molecular flexibility index (Phi) is 15.7. The second-order valence-electron chi connectivity index (χ2n) is 16.6. The van der Waals surface area contributed by atoms with Crippen molar-refractivity contribution in [2.24, 2.45) is 0 Å². The van der Waals surface area contributed by atoms with E-state index in [9.17, 15) is 4.79 Å². The van der Waals surface area contributed by atoms with Gasteiger partial charge in [0.2, 0.25) is 15.8 Å². The maximum atomic E-state index is 15.6. The highest BCUT2D eigenvalue weighted by Crippen LogP contribution is 2.45. The van der Waals surface area contributed by atoms with Gasteiger partial charge in [0.15, 0.2) is 0 Å². The highest BCUT2D eigenvalue weighted by atomic mass is 32.2. The second kappa shape index (κ2) is 22.4. The van der Waals surface area contributed by atoms with Crippen molar-refractivity contribution in [3.63, 3.8) is 0 Å². The van der Waals surface area contributed by atoms with E-state index in [2.05, 4.69) is 20.4 Å². The van der Waals surface area contributed by atoms with Gasteiger partial charge in [-0.3, -0.25) is 9.78 Å². The van der Waals surface area contributed by atoms with Crippen LogP contribution >= 0.6 is 0 Å². The van der Waals surface area contributed by atoms with Crippen LogP contribution in [0.15, 0.2) is 157 Å². The number of hydrogen-bond acceptors (Lipinski definition) is 12. The average molecular weight is 1010 g/mol. The summed E-state index contributed by atoms with van der Waals surface area (Å²) in [7, 11) is 2.42. The van der Waals surface area contributed by atoms with E-state index in [4.69, 9.17) is 23.7 Å². The van der Waals surface area contributed by atoms with E-state index in [1.54, 1.807) is 116 Å². The van der Waals surface area contributed by atoms with Crippen molar-refractivity contribution in [3.05, 3.63) is 191 Å². The number of sulfonamides is 1. The molecule has 376 valence electrons. The molecule has 1 amide bonds. The Bertz CT molecular complexity index is 3150. The van der Waals surface area contributed by atoms with E-state index in [1.165, 1.54) is 39.7 Å². The number of alkyl halides is 3. The molecule has 8 rings (SSSR count). The summed E-state index contributed by atoms with van der Waals surface area (Å²) in [6, 6.07) is 39.4. The minimum absolute atomic E-state index is 0.0146. The molecule has 0 aliphatic carbocycles. The summed E-state index contributed by atoms with van der Waals surface area (Å²) < 4.78 is 106. The Labute approximate surface area is 420 Å². The minimum Gasteiger partial charge on any atom is -0.497 e. The number of halogens is 3. The molecule has 6 aromatic carbocycles. The summed E-state index contributed by atoms with van der Waals surface area (Å²) in [4.78, 5) is 20.7. The molecular weight excluding hydrogens is 964 g/mol. The van der Waals surface area contributed by atoms with Crippen molar-refractivity contribution in [3.8, 4) is 51.3 Å². The van der Waals surface area contributed by atoms with E-state index in [0.29, 0.717) is 45.4 Å². The lowest BCUT2D eigenvalue weighted by atomic mass is 9.97. The quantitative estimate of drug-likeness (QED) is 0.0712. The van der Waals surface area contributed by atoms with Gasteiger partial charge in [-0.1, -0.05) is 72.8 Å². The lowest BCUT2D eigenvalue weighted by Gasteiger charge is -2.27.